The molecule has 0 aromatic rings. The molecule has 2 N–H and O–H groups in total. The second-order valence-corrected chi connectivity index (χ2v) is 2.06. The van der Waals surface area contributed by atoms with Crippen molar-refractivity contribution < 1.29 is 29.3 Å². The maximum absolute atomic E-state index is 9.66. The van der Waals surface area contributed by atoms with Gasteiger partial charge in [-0.05, 0) is 13.8 Å². The van der Waals surface area contributed by atoms with Crippen LogP contribution in [0.3, 0.4) is 0 Å². The lowest BCUT2D eigenvalue weighted by molar-refractivity contribution is -0.148. The average Bonchev–Trinajstić information content (AvgIpc) is 2.05. The van der Waals surface area contributed by atoms with Crippen LogP contribution >= 0.6 is 0 Å². The van der Waals surface area contributed by atoms with Gasteiger partial charge in [0, 0.05) is 13.2 Å². The molecule has 0 aliphatic carbocycles. The van der Waals surface area contributed by atoms with Gasteiger partial charge in [0.2, 0.25) is 0 Å². The molecule has 0 atom stereocenters. The third kappa shape index (κ3) is 22.4. The zero-order valence-electron chi connectivity index (χ0n) is 8.36. The topological polar surface area (TPSA) is 93.1 Å². The normalized spacial score (nSPS) is 8.71. The Morgan fingerprint density at radius 3 is 1.43 bits per heavy atom. The number of carboxylic acids is 2. The van der Waals surface area contributed by atoms with Crippen LogP contribution in [0.2, 0.25) is 0 Å². The molecular formula is C8H16O6. The van der Waals surface area contributed by atoms with E-state index in [1.54, 1.807) is 0 Å². The number of hydrogen-bond acceptors (Lipinski definition) is 4. The first-order chi connectivity index (χ1) is 6.54. The fourth-order valence-electron chi connectivity index (χ4n) is 0.430. The van der Waals surface area contributed by atoms with Gasteiger partial charge >= 0.3 is 11.9 Å². The Hall–Kier alpha value is -1.14. The second-order valence-electron chi connectivity index (χ2n) is 2.06. The number of aliphatic carboxylic acids is 2. The molecule has 0 fully saturated rings. The molecule has 0 amide bonds. The summed E-state index contributed by atoms with van der Waals surface area (Å²) in [7, 11) is 0. The largest absolute Gasteiger partial charge is 0.480 e. The number of ether oxygens (including phenoxy) is 2. The maximum atomic E-state index is 9.66. The SMILES string of the molecule is CCOCC.O=C(O)COCC(=O)O. The first-order valence-electron chi connectivity index (χ1n) is 4.13. The average molecular weight is 208 g/mol. The van der Waals surface area contributed by atoms with Crippen LogP contribution in [-0.2, 0) is 19.1 Å². The molecule has 0 aromatic carbocycles. The Labute approximate surface area is 82.4 Å². The molecule has 0 radical (unpaired) electrons. The minimum Gasteiger partial charge on any atom is -0.480 e. The highest BCUT2D eigenvalue weighted by molar-refractivity contribution is 5.70. The third-order valence-corrected chi connectivity index (χ3v) is 0.859. The lowest BCUT2D eigenvalue weighted by Crippen LogP contribution is -2.13. The van der Waals surface area contributed by atoms with Gasteiger partial charge in [0.05, 0.1) is 0 Å². The predicted molar refractivity (Wildman–Crippen MR) is 48.3 cm³/mol. The van der Waals surface area contributed by atoms with Crippen molar-refractivity contribution in [2.24, 2.45) is 0 Å². The van der Waals surface area contributed by atoms with E-state index in [0.717, 1.165) is 13.2 Å². The molecule has 6 heteroatoms. The van der Waals surface area contributed by atoms with Gasteiger partial charge in [-0.1, -0.05) is 0 Å². The highest BCUT2D eigenvalue weighted by Gasteiger charge is 1.98. The molecule has 0 aliphatic heterocycles. The van der Waals surface area contributed by atoms with E-state index < -0.39 is 25.2 Å². The van der Waals surface area contributed by atoms with Gasteiger partial charge in [-0.2, -0.15) is 0 Å². The number of hydrogen-bond donors (Lipinski definition) is 2. The summed E-state index contributed by atoms with van der Waals surface area (Å²) < 4.78 is 8.99. The van der Waals surface area contributed by atoms with E-state index in [1.807, 2.05) is 13.8 Å². The smallest absolute Gasteiger partial charge is 0.329 e. The minimum atomic E-state index is -1.17. The van der Waals surface area contributed by atoms with Gasteiger partial charge in [0.15, 0.2) is 0 Å². The molecule has 0 spiro atoms. The minimum absolute atomic E-state index is 0.563. The van der Waals surface area contributed by atoms with Gasteiger partial charge in [0.1, 0.15) is 13.2 Å². The summed E-state index contributed by atoms with van der Waals surface area (Å²) in [6.07, 6.45) is 0. The summed E-state index contributed by atoms with van der Waals surface area (Å²) >= 11 is 0. The molecule has 84 valence electrons. The van der Waals surface area contributed by atoms with Crippen LogP contribution in [0.4, 0.5) is 0 Å². The summed E-state index contributed by atoms with van der Waals surface area (Å²) in [5, 5.41) is 15.8. The van der Waals surface area contributed by atoms with Crippen LogP contribution in [-0.4, -0.2) is 48.6 Å². The molecular weight excluding hydrogens is 192 g/mol. The van der Waals surface area contributed by atoms with Crippen molar-refractivity contribution in [1.29, 1.82) is 0 Å². The Morgan fingerprint density at radius 1 is 0.929 bits per heavy atom. The molecule has 0 saturated carbocycles. The van der Waals surface area contributed by atoms with Crippen LogP contribution in [0.1, 0.15) is 13.8 Å². The fraction of sp³-hybridized carbons (Fsp3) is 0.750. The Balaban J connectivity index is 0. The highest BCUT2D eigenvalue weighted by atomic mass is 16.5. The van der Waals surface area contributed by atoms with E-state index in [-0.39, 0.29) is 0 Å². The first-order valence-corrected chi connectivity index (χ1v) is 4.13. The van der Waals surface area contributed by atoms with E-state index in [1.165, 1.54) is 0 Å². The first kappa shape index (κ1) is 15.3. The zero-order chi connectivity index (χ0) is 11.4. The van der Waals surface area contributed by atoms with Crippen molar-refractivity contribution in [2.45, 2.75) is 13.8 Å². The molecule has 0 bridgehead atoms. The molecule has 0 saturated heterocycles. The maximum Gasteiger partial charge on any atom is 0.329 e. The lowest BCUT2D eigenvalue weighted by Gasteiger charge is -1.92. The molecule has 0 aromatic heterocycles. The monoisotopic (exact) mass is 208 g/mol. The van der Waals surface area contributed by atoms with Crippen molar-refractivity contribution in [1.82, 2.24) is 0 Å². The van der Waals surface area contributed by atoms with E-state index in [9.17, 15) is 9.59 Å². The van der Waals surface area contributed by atoms with Gasteiger partial charge in [-0.25, -0.2) is 9.59 Å². The van der Waals surface area contributed by atoms with Crippen molar-refractivity contribution in [2.75, 3.05) is 26.4 Å². The van der Waals surface area contributed by atoms with Crippen molar-refractivity contribution in [3.05, 3.63) is 0 Å². The number of rotatable bonds is 6. The summed E-state index contributed by atoms with van der Waals surface area (Å²) in [5.74, 6) is -2.34. The standard InChI is InChI=1S/C4H6O5.C4H10O/c5-3(6)1-9-2-4(7)8;1-3-5-4-2/h1-2H2,(H,5,6)(H,7,8);3-4H2,1-2H3. The molecule has 0 aliphatic rings. The molecule has 14 heavy (non-hydrogen) atoms. The van der Waals surface area contributed by atoms with Crippen LogP contribution in [0.25, 0.3) is 0 Å². The molecule has 0 unspecified atom stereocenters. The van der Waals surface area contributed by atoms with Crippen molar-refractivity contribution >= 4 is 11.9 Å². The fourth-order valence-corrected chi connectivity index (χ4v) is 0.430. The van der Waals surface area contributed by atoms with Crippen LogP contribution in [0.5, 0.6) is 0 Å². The predicted octanol–water partition coefficient (Wildman–Crippen LogP) is 0.215. The highest BCUT2D eigenvalue weighted by Crippen LogP contribution is 1.73. The van der Waals surface area contributed by atoms with E-state index in [4.69, 9.17) is 14.9 Å². The van der Waals surface area contributed by atoms with Gasteiger partial charge in [-0.15, -0.1) is 0 Å². The van der Waals surface area contributed by atoms with Gasteiger partial charge < -0.3 is 19.7 Å². The quantitative estimate of drug-likeness (QED) is 0.648. The Kier molecular flexibility index (Phi) is 13.0. The van der Waals surface area contributed by atoms with Crippen LogP contribution in [0.15, 0.2) is 0 Å². The summed E-state index contributed by atoms with van der Waals surface area (Å²) in [4.78, 5) is 19.3. The summed E-state index contributed by atoms with van der Waals surface area (Å²) in [5.41, 5.74) is 0. The number of carboxylic acid groups (broad SMARTS) is 2. The van der Waals surface area contributed by atoms with Crippen molar-refractivity contribution in [3.8, 4) is 0 Å². The Bertz CT molecular complexity index is 140. The zero-order valence-corrected chi connectivity index (χ0v) is 8.36. The second kappa shape index (κ2) is 11.9. The van der Waals surface area contributed by atoms with E-state index >= 15 is 0 Å². The van der Waals surface area contributed by atoms with Gasteiger partial charge in [0.25, 0.3) is 0 Å². The summed E-state index contributed by atoms with van der Waals surface area (Å²) in [6.45, 7) is 4.54. The van der Waals surface area contributed by atoms with Crippen molar-refractivity contribution in [3.63, 3.8) is 0 Å². The van der Waals surface area contributed by atoms with E-state index in [2.05, 4.69) is 4.74 Å². The third-order valence-electron chi connectivity index (χ3n) is 0.859. The number of carbonyl (C=O) groups is 2. The Morgan fingerprint density at radius 2 is 1.29 bits per heavy atom. The van der Waals surface area contributed by atoms with Crippen LogP contribution < -0.4 is 0 Å². The molecule has 6 nitrogen and oxygen atoms in total. The van der Waals surface area contributed by atoms with E-state index in [0.29, 0.717) is 0 Å². The molecule has 0 heterocycles. The molecule has 0 rings (SSSR count). The summed E-state index contributed by atoms with van der Waals surface area (Å²) in [6, 6.07) is 0. The van der Waals surface area contributed by atoms with Crippen LogP contribution in [0, 0.1) is 0 Å². The van der Waals surface area contributed by atoms with Gasteiger partial charge in [-0.3, -0.25) is 0 Å². The lowest BCUT2D eigenvalue weighted by atomic mass is 10.7.